The third kappa shape index (κ3) is 8.96. The summed E-state index contributed by atoms with van der Waals surface area (Å²) < 4.78 is 57.6. The van der Waals surface area contributed by atoms with Gasteiger partial charge in [-0.25, -0.2) is 17.9 Å². The van der Waals surface area contributed by atoms with E-state index in [1.165, 1.54) is 18.2 Å². The summed E-state index contributed by atoms with van der Waals surface area (Å²) in [7, 11) is -3.55. The quantitative estimate of drug-likeness (QED) is 0.661. The van der Waals surface area contributed by atoms with Crippen molar-refractivity contribution >= 4 is 39.2 Å². The lowest BCUT2D eigenvalue weighted by Gasteiger charge is -2.06. The van der Waals surface area contributed by atoms with Crippen molar-refractivity contribution in [2.75, 3.05) is 13.1 Å². The maximum atomic E-state index is 11.7. The van der Waals surface area contributed by atoms with Crippen LogP contribution in [0.5, 0.6) is 0 Å². The van der Waals surface area contributed by atoms with Crippen LogP contribution in [0, 0.1) is 0 Å². The lowest BCUT2D eigenvalue weighted by molar-refractivity contribution is -0.192. The molecule has 6 nitrogen and oxygen atoms in total. The number of hydrogen-bond acceptors (Lipinski definition) is 4. The molecule has 12 heteroatoms. The highest BCUT2D eigenvalue weighted by Crippen LogP contribution is 2.22. The fourth-order valence-corrected chi connectivity index (χ4v) is 2.88. The van der Waals surface area contributed by atoms with Crippen LogP contribution in [0.3, 0.4) is 0 Å². The molecule has 1 aromatic rings. The van der Waals surface area contributed by atoms with Crippen molar-refractivity contribution in [3.63, 3.8) is 0 Å². The average molecular weight is 397 g/mol. The van der Waals surface area contributed by atoms with Gasteiger partial charge in [0.15, 0.2) is 0 Å². The van der Waals surface area contributed by atoms with E-state index in [2.05, 4.69) is 4.72 Å². The standard InChI is InChI=1S/C9H12Cl2N2O2S.C2HF3O2/c10-7-4-8(11)6-9(5-7)16(14,15)13-3-1-2-12;3-2(4,5)1(6)7/h4-6,13H,1-3,12H2;(H,6,7). The van der Waals surface area contributed by atoms with Crippen molar-refractivity contribution in [3.05, 3.63) is 28.2 Å². The van der Waals surface area contributed by atoms with Crippen LogP contribution in [0.25, 0.3) is 0 Å². The number of rotatable bonds is 5. The maximum absolute atomic E-state index is 11.7. The second kappa shape index (κ2) is 9.28. The van der Waals surface area contributed by atoms with E-state index in [-0.39, 0.29) is 14.9 Å². The first-order valence-electron chi connectivity index (χ1n) is 5.86. The van der Waals surface area contributed by atoms with E-state index in [1.54, 1.807) is 0 Å². The Morgan fingerprint density at radius 1 is 1.22 bits per heavy atom. The van der Waals surface area contributed by atoms with E-state index < -0.39 is 22.2 Å². The Morgan fingerprint density at radius 3 is 2.00 bits per heavy atom. The molecule has 0 aromatic heterocycles. The summed E-state index contributed by atoms with van der Waals surface area (Å²) in [6.07, 6.45) is -4.51. The smallest absolute Gasteiger partial charge is 0.475 e. The van der Waals surface area contributed by atoms with Crippen LogP contribution in [0.4, 0.5) is 13.2 Å². The number of aliphatic carboxylic acids is 1. The second-order valence-corrected chi connectivity index (χ2v) is 6.59. The zero-order chi connectivity index (χ0) is 18.3. The minimum atomic E-state index is -5.08. The van der Waals surface area contributed by atoms with Crippen LogP contribution in [0.1, 0.15) is 6.42 Å². The molecule has 0 atom stereocenters. The number of nitrogens with one attached hydrogen (secondary N) is 1. The summed E-state index contributed by atoms with van der Waals surface area (Å²) in [6.45, 7) is 0.724. The first-order chi connectivity index (χ1) is 10.4. The highest BCUT2D eigenvalue weighted by molar-refractivity contribution is 7.89. The molecule has 0 fully saturated rings. The Balaban J connectivity index is 0.000000585. The molecule has 0 heterocycles. The van der Waals surface area contributed by atoms with Gasteiger partial charge in [0.1, 0.15) is 0 Å². The lowest BCUT2D eigenvalue weighted by atomic mass is 10.4. The summed E-state index contributed by atoms with van der Waals surface area (Å²) in [4.78, 5) is 8.95. The SMILES string of the molecule is NCCCNS(=O)(=O)c1cc(Cl)cc(Cl)c1.O=C(O)C(F)(F)F. The first-order valence-corrected chi connectivity index (χ1v) is 8.10. The fraction of sp³-hybridized carbons (Fsp3) is 0.364. The van der Waals surface area contributed by atoms with E-state index in [4.69, 9.17) is 38.8 Å². The predicted octanol–water partition coefficient (Wildman–Crippen LogP) is 2.25. The molecule has 0 aliphatic heterocycles. The summed E-state index contributed by atoms with van der Waals surface area (Å²) in [6, 6.07) is 4.17. The zero-order valence-electron chi connectivity index (χ0n) is 11.4. The van der Waals surface area contributed by atoms with Gasteiger partial charge in [-0.15, -0.1) is 0 Å². The van der Waals surface area contributed by atoms with Gasteiger partial charge in [0.05, 0.1) is 4.90 Å². The normalized spacial score (nSPS) is 11.6. The molecule has 0 aliphatic carbocycles. The molecule has 0 bridgehead atoms. The van der Waals surface area contributed by atoms with E-state index in [0.29, 0.717) is 19.5 Å². The molecule has 0 saturated heterocycles. The van der Waals surface area contributed by atoms with Gasteiger partial charge in [-0.1, -0.05) is 23.2 Å². The monoisotopic (exact) mass is 396 g/mol. The maximum Gasteiger partial charge on any atom is 0.490 e. The molecular formula is C11H13Cl2F3N2O4S. The predicted molar refractivity (Wildman–Crippen MR) is 79.0 cm³/mol. The Kier molecular flexibility index (Phi) is 8.85. The number of halogens is 5. The molecule has 0 spiro atoms. The van der Waals surface area contributed by atoms with Crippen LogP contribution in [0.2, 0.25) is 10.0 Å². The van der Waals surface area contributed by atoms with E-state index in [9.17, 15) is 21.6 Å². The van der Waals surface area contributed by atoms with Gasteiger partial charge in [-0.3, -0.25) is 0 Å². The first kappa shape index (κ1) is 21.9. The molecule has 132 valence electrons. The largest absolute Gasteiger partial charge is 0.490 e. The minimum Gasteiger partial charge on any atom is -0.475 e. The molecule has 1 aromatic carbocycles. The Morgan fingerprint density at radius 2 is 1.65 bits per heavy atom. The van der Waals surface area contributed by atoms with Crippen LogP contribution in [0.15, 0.2) is 23.1 Å². The topological polar surface area (TPSA) is 109 Å². The second-order valence-electron chi connectivity index (χ2n) is 3.95. The summed E-state index contributed by atoms with van der Waals surface area (Å²) >= 11 is 11.4. The molecule has 23 heavy (non-hydrogen) atoms. The molecule has 0 unspecified atom stereocenters. The number of benzene rings is 1. The third-order valence-electron chi connectivity index (χ3n) is 2.06. The number of carboxylic acids is 1. The van der Waals surface area contributed by atoms with Gasteiger partial charge in [0.2, 0.25) is 10.0 Å². The summed E-state index contributed by atoms with van der Waals surface area (Å²) in [5.41, 5.74) is 5.27. The van der Waals surface area contributed by atoms with Crippen molar-refractivity contribution in [1.29, 1.82) is 0 Å². The van der Waals surface area contributed by atoms with Crippen LogP contribution >= 0.6 is 23.2 Å². The number of carbonyl (C=O) groups is 1. The van der Waals surface area contributed by atoms with E-state index in [1.807, 2.05) is 0 Å². The fourth-order valence-electron chi connectivity index (χ4n) is 1.08. The van der Waals surface area contributed by atoms with Gasteiger partial charge in [-0.2, -0.15) is 13.2 Å². The molecular weight excluding hydrogens is 384 g/mol. The van der Waals surface area contributed by atoms with Crippen molar-refractivity contribution in [3.8, 4) is 0 Å². The van der Waals surface area contributed by atoms with Crippen molar-refractivity contribution in [2.45, 2.75) is 17.5 Å². The van der Waals surface area contributed by atoms with Crippen molar-refractivity contribution in [2.24, 2.45) is 5.73 Å². The van der Waals surface area contributed by atoms with Gasteiger partial charge < -0.3 is 10.8 Å². The highest BCUT2D eigenvalue weighted by atomic mass is 35.5. The van der Waals surface area contributed by atoms with Gasteiger partial charge in [-0.05, 0) is 31.2 Å². The molecule has 0 amide bonds. The Hall–Kier alpha value is -1.07. The van der Waals surface area contributed by atoms with Gasteiger partial charge in [0, 0.05) is 16.6 Å². The van der Waals surface area contributed by atoms with Crippen molar-refractivity contribution in [1.82, 2.24) is 4.72 Å². The number of nitrogens with two attached hydrogens (primary N) is 1. The Bertz CT molecular complexity index is 618. The van der Waals surface area contributed by atoms with Gasteiger partial charge >= 0.3 is 12.1 Å². The Labute approximate surface area is 140 Å². The number of alkyl halides is 3. The number of carboxylic acid groups (broad SMARTS) is 1. The number of hydrogen-bond donors (Lipinski definition) is 3. The number of sulfonamides is 1. The summed E-state index contributed by atoms with van der Waals surface area (Å²) in [5.74, 6) is -2.76. The van der Waals surface area contributed by atoms with E-state index >= 15 is 0 Å². The summed E-state index contributed by atoms with van der Waals surface area (Å²) in [5, 5.41) is 7.69. The van der Waals surface area contributed by atoms with E-state index in [0.717, 1.165) is 0 Å². The molecule has 0 radical (unpaired) electrons. The minimum absolute atomic E-state index is 0.0574. The lowest BCUT2D eigenvalue weighted by Crippen LogP contribution is -2.26. The highest BCUT2D eigenvalue weighted by Gasteiger charge is 2.38. The van der Waals surface area contributed by atoms with Crippen LogP contribution in [-0.4, -0.2) is 38.8 Å². The average Bonchev–Trinajstić information content (AvgIpc) is 2.37. The molecule has 0 aliphatic rings. The molecule has 1 rings (SSSR count). The third-order valence-corrected chi connectivity index (χ3v) is 3.94. The van der Waals surface area contributed by atoms with Gasteiger partial charge in [0.25, 0.3) is 0 Å². The molecule has 4 N–H and O–H groups in total. The molecule has 0 saturated carbocycles. The van der Waals surface area contributed by atoms with Crippen LogP contribution < -0.4 is 10.5 Å². The van der Waals surface area contributed by atoms with Crippen LogP contribution in [-0.2, 0) is 14.8 Å². The van der Waals surface area contributed by atoms with Crippen molar-refractivity contribution < 1.29 is 31.5 Å². The zero-order valence-corrected chi connectivity index (χ0v) is 13.7.